The molecule has 2 aromatic rings. The van der Waals surface area contributed by atoms with Crippen molar-refractivity contribution in [2.24, 2.45) is 7.05 Å². The van der Waals surface area contributed by atoms with Crippen LogP contribution < -0.4 is 10.5 Å². The summed E-state index contributed by atoms with van der Waals surface area (Å²) in [7, 11) is 1.53. The quantitative estimate of drug-likeness (QED) is 0.775. The summed E-state index contributed by atoms with van der Waals surface area (Å²) in [6.45, 7) is 3.30. The Hall–Kier alpha value is -2.43. The lowest BCUT2D eigenvalue weighted by molar-refractivity contribution is 0.112. The Morgan fingerprint density at radius 1 is 1.30 bits per heavy atom. The normalized spacial score (nSPS) is 10.3. The van der Waals surface area contributed by atoms with Crippen LogP contribution in [-0.4, -0.2) is 22.6 Å². The summed E-state index contributed by atoms with van der Waals surface area (Å²) in [5, 5.41) is 4.00. The summed E-state index contributed by atoms with van der Waals surface area (Å²) < 4.78 is 1.17. The molecule has 0 bridgehead atoms. The molecular formula is C15H17N3O2. The smallest absolute Gasteiger partial charge is 0.279 e. The fourth-order valence-corrected chi connectivity index (χ4v) is 2.08. The third kappa shape index (κ3) is 2.77. The first-order chi connectivity index (χ1) is 9.67. The van der Waals surface area contributed by atoms with Crippen molar-refractivity contribution in [3.05, 3.63) is 58.0 Å². The fourth-order valence-electron chi connectivity index (χ4n) is 2.08. The van der Waals surface area contributed by atoms with Crippen LogP contribution in [0.4, 0.5) is 5.69 Å². The molecule has 0 aliphatic carbocycles. The van der Waals surface area contributed by atoms with E-state index >= 15 is 0 Å². The third-order valence-electron chi connectivity index (χ3n) is 3.21. The van der Waals surface area contributed by atoms with E-state index in [0.29, 0.717) is 25.1 Å². The Morgan fingerprint density at radius 2 is 2.00 bits per heavy atom. The maximum atomic E-state index is 11.9. The lowest BCUT2D eigenvalue weighted by Crippen LogP contribution is -2.30. The number of nitrogens with zero attached hydrogens (tertiary/aromatic N) is 3. The van der Waals surface area contributed by atoms with Crippen molar-refractivity contribution < 1.29 is 4.79 Å². The van der Waals surface area contributed by atoms with Crippen LogP contribution in [0.25, 0.3) is 0 Å². The van der Waals surface area contributed by atoms with Gasteiger partial charge in [0.05, 0.1) is 11.9 Å². The van der Waals surface area contributed by atoms with E-state index in [1.54, 1.807) is 6.20 Å². The Balaban J connectivity index is 2.40. The van der Waals surface area contributed by atoms with Crippen LogP contribution in [0.3, 0.4) is 0 Å². The molecule has 0 unspecified atom stereocenters. The van der Waals surface area contributed by atoms with Crippen molar-refractivity contribution in [3.63, 3.8) is 0 Å². The van der Waals surface area contributed by atoms with Gasteiger partial charge in [0.2, 0.25) is 0 Å². The molecule has 0 spiro atoms. The van der Waals surface area contributed by atoms with Gasteiger partial charge in [0, 0.05) is 20.1 Å². The number of aromatic nitrogens is 2. The molecule has 0 saturated heterocycles. The van der Waals surface area contributed by atoms with Crippen molar-refractivity contribution >= 4 is 12.0 Å². The van der Waals surface area contributed by atoms with E-state index in [4.69, 9.17) is 0 Å². The van der Waals surface area contributed by atoms with Gasteiger partial charge in [0.15, 0.2) is 6.29 Å². The minimum absolute atomic E-state index is 0.153. The second-order valence-electron chi connectivity index (χ2n) is 4.49. The van der Waals surface area contributed by atoms with Gasteiger partial charge >= 0.3 is 0 Å². The molecule has 1 aromatic carbocycles. The predicted octanol–water partition coefficient (Wildman–Crippen LogP) is 1.62. The molecule has 20 heavy (non-hydrogen) atoms. The van der Waals surface area contributed by atoms with Gasteiger partial charge in [-0.05, 0) is 12.5 Å². The van der Waals surface area contributed by atoms with E-state index in [2.05, 4.69) is 5.10 Å². The zero-order chi connectivity index (χ0) is 14.5. The van der Waals surface area contributed by atoms with Crippen LogP contribution >= 0.6 is 0 Å². The molecule has 0 atom stereocenters. The maximum Gasteiger partial charge on any atom is 0.279 e. The third-order valence-corrected chi connectivity index (χ3v) is 3.21. The van der Waals surface area contributed by atoms with E-state index in [0.717, 1.165) is 5.56 Å². The van der Waals surface area contributed by atoms with Crippen molar-refractivity contribution in [2.45, 2.75) is 13.5 Å². The molecular weight excluding hydrogens is 254 g/mol. The molecule has 5 nitrogen and oxygen atoms in total. The minimum atomic E-state index is -0.371. The average molecular weight is 271 g/mol. The molecule has 0 fully saturated rings. The zero-order valence-corrected chi connectivity index (χ0v) is 11.6. The highest BCUT2D eigenvalue weighted by molar-refractivity contribution is 5.83. The molecule has 1 heterocycles. The molecule has 0 radical (unpaired) electrons. The number of hydrogen-bond acceptors (Lipinski definition) is 4. The van der Waals surface area contributed by atoms with E-state index < -0.39 is 0 Å². The van der Waals surface area contributed by atoms with Crippen LogP contribution in [0.5, 0.6) is 0 Å². The summed E-state index contributed by atoms with van der Waals surface area (Å²) in [6, 6.07) is 9.91. The van der Waals surface area contributed by atoms with Gasteiger partial charge < -0.3 is 4.90 Å². The van der Waals surface area contributed by atoms with Crippen LogP contribution in [-0.2, 0) is 13.6 Å². The second-order valence-corrected chi connectivity index (χ2v) is 4.49. The van der Waals surface area contributed by atoms with Crippen LogP contribution in [0.2, 0.25) is 0 Å². The SMILES string of the molecule is CCN(Cc1ccccc1)c1cnn(C)c(=O)c1C=O. The van der Waals surface area contributed by atoms with E-state index in [1.807, 2.05) is 42.2 Å². The first kappa shape index (κ1) is 14.0. The Kier molecular flexibility index (Phi) is 4.30. The highest BCUT2D eigenvalue weighted by Gasteiger charge is 2.14. The fraction of sp³-hybridized carbons (Fsp3) is 0.267. The number of benzene rings is 1. The van der Waals surface area contributed by atoms with Gasteiger partial charge in [-0.25, -0.2) is 4.68 Å². The first-order valence-corrected chi connectivity index (χ1v) is 6.47. The summed E-state index contributed by atoms with van der Waals surface area (Å²) in [4.78, 5) is 25.1. The molecule has 0 amide bonds. The number of carbonyl (C=O) groups is 1. The molecule has 0 N–H and O–H groups in total. The number of hydrogen-bond donors (Lipinski definition) is 0. The standard InChI is InChI=1S/C15H17N3O2/c1-3-18(10-12-7-5-4-6-8-12)14-9-16-17(2)15(20)13(14)11-19/h4-9,11H,3,10H2,1-2H3. The number of aldehydes is 1. The Bertz CT molecular complexity index is 650. The minimum Gasteiger partial charge on any atom is -0.365 e. The molecule has 104 valence electrons. The summed E-state index contributed by atoms with van der Waals surface area (Å²) in [5.41, 5.74) is 1.48. The van der Waals surface area contributed by atoms with Crippen molar-refractivity contribution in [1.82, 2.24) is 9.78 Å². The van der Waals surface area contributed by atoms with Gasteiger partial charge in [-0.1, -0.05) is 30.3 Å². The van der Waals surface area contributed by atoms with Gasteiger partial charge in [0.1, 0.15) is 5.56 Å². The summed E-state index contributed by atoms with van der Waals surface area (Å²) in [6.07, 6.45) is 2.17. The van der Waals surface area contributed by atoms with Crippen molar-refractivity contribution in [3.8, 4) is 0 Å². The average Bonchev–Trinajstić information content (AvgIpc) is 2.48. The molecule has 0 aliphatic rings. The van der Waals surface area contributed by atoms with E-state index in [-0.39, 0.29) is 11.1 Å². The first-order valence-electron chi connectivity index (χ1n) is 6.47. The van der Waals surface area contributed by atoms with Gasteiger partial charge in [-0.15, -0.1) is 0 Å². The number of carbonyl (C=O) groups excluding carboxylic acids is 1. The lowest BCUT2D eigenvalue weighted by atomic mass is 10.2. The molecule has 1 aromatic heterocycles. The van der Waals surface area contributed by atoms with Crippen LogP contribution in [0.15, 0.2) is 41.3 Å². The summed E-state index contributed by atoms with van der Waals surface area (Å²) >= 11 is 0. The lowest BCUT2D eigenvalue weighted by Gasteiger charge is -2.24. The van der Waals surface area contributed by atoms with E-state index in [1.165, 1.54) is 11.7 Å². The largest absolute Gasteiger partial charge is 0.365 e. The Labute approximate surface area is 117 Å². The number of anilines is 1. The van der Waals surface area contributed by atoms with Gasteiger partial charge in [-0.3, -0.25) is 9.59 Å². The topological polar surface area (TPSA) is 55.2 Å². The van der Waals surface area contributed by atoms with Crippen molar-refractivity contribution in [2.75, 3.05) is 11.4 Å². The second kappa shape index (κ2) is 6.14. The molecule has 5 heteroatoms. The van der Waals surface area contributed by atoms with Crippen molar-refractivity contribution in [1.29, 1.82) is 0 Å². The maximum absolute atomic E-state index is 11.9. The monoisotopic (exact) mass is 271 g/mol. The van der Waals surface area contributed by atoms with Crippen LogP contribution in [0.1, 0.15) is 22.8 Å². The number of rotatable bonds is 5. The Morgan fingerprint density at radius 3 is 2.60 bits per heavy atom. The molecule has 2 rings (SSSR count). The van der Waals surface area contributed by atoms with E-state index in [9.17, 15) is 9.59 Å². The zero-order valence-electron chi connectivity index (χ0n) is 11.6. The molecule has 0 aliphatic heterocycles. The van der Waals surface area contributed by atoms with Crippen LogP contribution in [0, 0.1) is 0 Å². The highest BCUT2D eigenvalue weighted by Crippen LogP contribution is 2.17. The van der Waals surface area contributed by atoms with Gasteiger partial charge in [-0.2, -0.15) is 5.10 Å². The van der Waals surface area contributed by atoms with Gasteiger partial charge in [0.25, 0.3) is 5.56 Å². The summed E-state index contributed by atoms with van der Waals surface area (Å²) in [5.74, 6) is 0. The predicted molar refractivity (Wildman–Crippen MR) is 78.0 cm³/mol. The number of aryl methyl sites for hydroxylation is 1. The highest BCUT2D eigenvalue weighted by atomic mass is 16.1. The molecule has 0 saturated carbocycles.